The van der Waals surface area contributed by atoms with Gasteiger partial charge in [0.25, 0.3) is 5.69 Å². The van der Waals surface area contributed by atoms with Gasteiger partial charge in [0.15, 0.2) is 0 Å². The molecular weight excluding hydrogens is 368 g/mol. The molecule has 1 aromatic rings. The third-order valence-electron chi connectivity index (χ3n) is 5.97. The number of carbonyl (C=O) groups is 1. The lowest BCUT2D eigenvalue weighted by Crippen LogP contribution is -2.60. The minimum absolute atomic E-state index is 0.0136. The van der Waals surface area contributed by atoms with Crippen LogP contribution in [0.3, 0.4) is 0 Å². The van der Waals surface area contributed by atoms with Crippen LogP contribution in [0.1, 0.15) is 79.2 Å². The number of ether oxygens (including phenoxy) is 1. The summed E-state index contributed by atoms with van der Waals surface area (Å²) in [6, 6.07) is 6.53. The van der Waals surface area contributed by atoms with E-state index in [9.17, 15) is 14.9 Å². The van der Waals surface area contributed by atoms with Gasteiger partial charge < -0.3 is 4.74 Å². The fourth-order valence-corrected chi connectivity index (χ4v) is 4.38. The Kier molecular flexibility index (Phi) is 7.44. The van der Waals surface area contributed by atoms with Crippen LogP contribution in [0.5, 0.6) is 0 Å². The first-order valence-electron chi connectivity index (χ1n) is 10.8. The van der Waals surface area contributed by atoms with Crippen LogP contribution in [0.25, 0.3) is 0 Å². The van der Waals surface area contributed by atoms with Crippen LogP contribution in [-0.2, 0) is 15.1 Å². The smallest absolute Gasteiger partial charge is 0.331 e. The zero-order chi connectivity index (χ0) is 21.8. The highest BCUT2D eigenvalue weighted by Crippen LogP contribution is 2.37. The summed E-state index contributed by atoms with van der Waals surface area (Å²) in [6.07, 6.45) is 5.58. The summed E-state index contributed by atoms with van der Waals surface area (Å²) in [4.78, 5) is 24.3. The molecule has 1 aliphatic carbocycles. The van der Waals surface area contributed by atoms with Gasteiger partial charge in [-0.25, -0.2) is 4.79 Å². The van der Waals surface area contributed by atoms with Gasteiger partial charge in [-0.2, -0.15) is 0 Å². The van der Waals surface area contributed by atoms with E-state index in [-0.39, 0.29) is 23.6 Å². The van der Waals surface area contributed by atoms with E-state index in [2.05, 4.69) is 12.2 Å². The van der Waals surface area contributed by atoms with Crippen LogP contribution >= 0.6 is 0 Å². The van der Waals surface area contributed by atoms with E-state index in [1.807, 2.05) is 34.6 Å². The van der Waals surface area contributed by atoms with Crippen molar-refractivity contribution in [1.29, 1.82) is 0 Å². The topological polar surface area (TPSA) is 81.5 Å². The Hall–Kier alpha value is -1.95. The summed E-state index contributed by atoms with van der Waals surface area (Å²) in [5.41, 5.74) is -0.957. The Morgan fingerprint density at radius 3 is 2.28 bits per heavy atom. The Morgan fingerprint density at radius 2 is 1.79 bits per heavy atom. The molecular formula is C23H36N2O4. The van der Waals surface area contributed by atoms with Gasteiger partial charge >= 0.3 is 5.97 Å². The molecule has 2 unspecified atom stereocenters. The van der Waals surface area contributed by atoms with E-state index in [1.54, 1.807) is 12.1 Å². The van der Waals surface area contributed by atoms with Crippen LogP contribution in [0.2, 0.25) is 0 Å². The number of non-ortho nitro benzene ring substituents is 1. The molecule has 0 spiro atoms. The fraction of sp³-hybridized carbons (Fsp3) is 0.696. The van der Waals surface area contributed by atoms with Crippen molar-refractivity contribution in [2.24, 2.45) is 11.8 Å². The number of esters is 1. The van der Waals surface area contributed by atoms with Gasteiger partial charge in [0.1, 0.15) is 11.1 Å². The first-order valence-corrected chi connectivity index (χ1v) is 10.8. The minimum atomic E-state index is -1.06. The second kappa shape index (κ2) is 9.24. The summed E-state index contributed by atoms with van der Waals surface area (Å²) in [6.45, 7) is 11.8. The quantitative estimate of drug-likeness (QED) is 0.376. The van der Waals surface area contributed by atoms with Gasteiger partial charge in [0.2, 0.25) is 0 Å². The van der Waals surface area contributed by atoms with E-state index in [1.165, 1.54) is 18.6 Å². The number of rotatable bonds is 7. The van der Waals surface area contributed by atoms with Gasteiger partial charge in [-0.3, -0.25) is 15.4 Å². The number of nitrogens with one attached hydrogen (secondary N) is 1. The molecule has 1 aromatic carbocycles. The lowest BCUT2D eigenvalue weighted by Gasteiger charge is -2.44. The molecule has 29 heavy (non-hydrogen) atoms. The lowest BCUT2D eigenvalue weighted by atomic mass is 9.75. The molecule has 0 heterocycles. The number of nitro groups is 1. The molecule has 3 atom stereocenters. The average Bonchev–Trinajstić information content (AvgIpc) is 2.64. The van der Waals surface area contributed by atoms with E-state index in [0.717, 1.165) is 25.7 Å². The maximum absolute atomic E-state index is 13.6. The Bertz CT molecular complexity index is 709. The van der Waals surface area contributed by atoms with Crippen molar-refractivity contribution < 1.29 is 14.5 Å². The van der Waals surface area contributed by atoms with Gasteiger partial charge in [-0.15, -0.1) is 0 Å². The van der Waals surface area contributed by atoms with Crippen molar-refractivity contribution in [1.82, 2.24) is 5.32 Å². The van der Waals surface area contributed by atoms with Crippen molar-refractivity contribution in [3.05, 3.63) is 39.9 Å². The molecule has 0 aromatic heterocycles. The van der Waals surface area contributed by atoms with E-state index >= 15 is 0 Å². The van der Waals surface area contributed by atoms with E-state index in [4.69, 9.17) is 4.74 Å². The van der Waals surface area contributed by atoms with Crippen LogP contribution in [0.4, 0.5) is 5.69 Å². The third kappa shape index (κ3) is 5.35. The second-order valence-corrected chi connectivity index (χ2v) is 9.47. The van der Waals surface area contributed by atoms with Crippen molar-refractivity contribution >= 4 is 11.7 Å². The fourth-order valence-electron chi connectivity index (χ4n) is 4.38. The minimum Gasteiger partial charge on any atom is -0.458 e. The van der Waals surface area contributed by atoms with Crippen LogP contribution < -0.4 is 5.32 Å². The van der Waals surface area contributed by atoms with Gasteiger partial charge in [-0.05, 0) is 63.1 Å². The zero-order valence-corrected chi connectivity index (χ0v) is 18.7. The molecule has 0 amide bonds. The summed E-state index contributed by atoms with van der Waals surface area (Å²) >= 11 is 0. The highest BCUT2D eigenvalue weighted by molar-refractivity contribution is 5.83. The maximum Gasteiger partial charge on any atom is 0.331 e. The number of benzene rings is 1. The number of nitro benzene ring substituents is 1. The zero-order valence-electron chi connectivity index (χ0n) is 18.7. The summed E-state index contributed by atoms with van der Waals surface area (Å²) in [5.74, 6) is 0.0786. The summed E-state index contributed by atoms with van der Waals surface area (Å²) in [5, 5.41) is 14.8. The molecule has 0 bridgehead atoms. The second-order valence-electron chi connectivity index (χ2n) is 9.47. The molecule has 1 fully saturated rings. The molecule has 6 nitrogen and oxygen atoms in total. The third-order valence-corrected chi connectivity index (χ3v) is 5.97. The van der Waals surface area contributed by atoms with Crippen LogP contribution in [0.15, 0.2) is 24.3 Å². The van der Waals surface area contributed by atoms with Crippen molar-refractivity contribution in [2.75, 3.05) is 0 Å². The largest absolute Gasteiger partial charge is 0.458 e. The number of hydrogen-bond acceptors (Lipinski definition) is 5. The normalized spacial score (nSPS) is 22.2. The Balaban J connectivity index is 2.54. The molecule has 1 aliphatic rings. The monoisotopic (exact) mass is 404 g/mol. The molecule has 6 heteroatoms. The summed E-state index contributed by atoms with van der Waals surface area (Å²) in [7, 11) is 0. The highest BCUT2D eigenvalue weighted by atomic mass is 16.6. The molecule has 2 rings (SSSR count). The first-order chi connectivity index (χ1) is 13.5. The van der Waals surface area contributed by atoms with Gasteiger partial charge in [-0.1, -0.05) is 40.0 Å². The molecule has 1 N–H and O–H groups in total. The standard InChI is InChI=1S/C23H36N2O4/c1-7-17-10-8-9-11-20(17)24-23(16(2)3,21(26)29-22(4,5)6)18-12-14-19(15-13-18)25(27)28/h12-17,20,24H,7-11H2,1-6H3/t17?,20?,23-/m1/s1. The lowest BCUT2D eigenvalue weighted by molar-refractivity contribution is -0.384. The van der Waals surface area contributed by atoms with E-state index < -0.39 is 16.1 Å². The number of nitrogens with zero attached hydrogens (tertiary/aromatic N) is 1. The SMILES string of the molecule is CCC1CCCCC1N[C@@](C(=O)OC(C)(C)C)(c1ccc([N+](=O)[O-])cc1)C(C)C. The molecule has 1 saturated carbocycles. The predicted molar refractivity (Wildman–Crippen MR) is 115 cm³/mol. The molecule has 162 valence electrons. The van der Waals surface area contributed by atoms with Crippen molar-refractivity contribution in [2.45, 2.75) is 90.8 Å². The average molecular weight is 405 g/mol. The summed E-state index contributed by atoms with van der Waals surface area (Å²) < 4.78 is 5.87. The van der Waals surface area contributed by atoms with E-state index in [0.29, 0.717) is 11.5 Å². The number of carbonyl (C=O) groups excluding carboxylic acids is 1. The van der Waals surface area contributed by atoms with Crippen molar-refractivity contribution in [3.63, 3.8) is 0 Å². The predicted octanol–water partition coefficient (Wildman–Crippen LogP) is 5.35. The molecule has 0 saturated heterocycles. The van der Waals surface area contributed by atoms with Gasteiger partial charge in [0.05, 0.1) is 4.92 Å². The highest BCUT2D eigenvalue weighted by Gasteiger charge is 2.48. The van der Waals surface area contributed by atoms with Gasteiger partial charge in [0, 0.05) is 18.2 Å². The number of hydrogen-bond donors (Lipinski definition) is 1. The first kappa shape index (κ1) is 23.3. The molecule has 0 radical (unpaired) electrons. The van der Waals surface area contributed by atoms with Crippen molar-refractivity contribution in [3.8, 4) is 0 Å². The maximum atomic E-state index is 13.6. The molecule has 0 aliphatic heterocycles. The Labute approximate surface area is 174 Å². The van der Waals surface area contributed by atoms with Crippen LogP contribution in [-0.4, -0.2) is 22.5 Å². The Morgan fingerprint density at radius 1 is 1.21 bits per heavy atom. The van der Waals surface area contributed by atoms with Crippen LogP contribution in [0, 0.1) is 22.0 Å².